The van der Waals surface area contributed by atoms with Crippen molar-refractivity contribution in [3.8, 4) is 0 Å². The van der Waals surface area contributed by atoms with Gasteiger partial charge in [-0.15, -0.1) is 0 Å². The standard InChI is InChI=1S/C52H83N3O16P2/c1-3-5-7-8-9-10-11-12-13-14-15-16-21-24-27-30-33-37-48(58)69-44(40-66-47(57)36-32-29-26-23-20-18-17-19-22-25-28-31-35-43(56)34-6-4-2)41-67-72(62,63)71-73(64,65)68-42-45-49(59)50(60)51(70-45)55-39-38-46(53)54-52(55)61/h12-13,15-18,22-27,31,35,38-39,43-45,49-51,56,59-60H,3-11,14,19-21,28-30,32-34,36-37,40-42H2,1-2H3,(H,62,63)(H,64,65)(H2,53,54,61)/b13-12-,16-15-,18-17-,25-22-,26-23-,27-24-,35-31-/t43-,44+,45+,49+,50+,51+/m0/s1. The molecule has 0 amide bonds. The SMILES string of the molecule is CCCCCCCC/C=C\C/C=C\C/C=C\CCCC(=O)O[C@H](COC(=O)CCC/C=C\C/C=C\C/C=C\C/C=C\[C@@H](O)CCCC)COP(=O)(O)OP(=O)(O)OC[C@H]1O[C@@H](n2ccc(N)nc2=O)[C@H](O)[C@@H]1O. The Balaban J connectivity index is 1.86. The molecule has 0 spiro atoms. The second-order valence-electron chi connectivity index (χ2n) is 17.5. The molecule has 8 atom stereocenters. The molecule has 0 aliphatic carbocycles. The molecule has 0 aromatic carbocycles. The topological polar surface area (TPSA) is 286 Å². The van der Waals surface area contributed by atoms with Crippen LogP contribution in [-0.2, 0) is 46.3 Å². The van der Waals surface area contributed by atoms with Gasteiger partial charge in [-0.1, -0.05) is 144 Å². The van der Waals surface area contributed by atoms with Crippen molar-refractivity contribution in [2.24, 2.45) is 0 Å². The Hall–Kier alpha value is -4.10. The highest BCUT2D eigenvalue weighted by molar-refractivity contribution is 7.61. The lowest BCUT2D eigenvalue weighted by Gasteiger charge is -2.21. The maximum absolute atomic E-state index is 12.8. The maximum atomic E-state index is 12.8. The van der Waals surface area contributed by atoms with Gasteiger partial charge in [0.05, 0.1) is 19.3 Å². The molecular weight excluding hydrogens is 985 g/mol. The number of anilines is 1. The molecule has 2 unspecified atom stereocenters. The van der Waals surface area contributed by atoms with Crippen LogP contribution >= 0.6 is 15.6 Å². The summed E-state index contributed by atoms with van der Waals surface area (Å²) in [5.74, 6) is -1.46. The minimum absolute atomic E-state index is 0.0193. The van der Waals surface area contributed by atoms with Gasteiger partial charge in [0.25, 0.3) is 0 Å². The predicted octanol–water partition coefficient (Wildman–Crippen LogP) is 9.64. The highest BCUT2D eigenvalue weighted by atomic mass is 31.3. The van der Waals surface area contributed by atoms with E-state index in [0.29, 0.717) is 32.1 Å². The molecule has 2 rings (SSSR count). The van der Waals surface area contributed by atoms with Crippen LogP contribution in [0.2, 0.25) is 0 Å². The number of esters is 2. The van der Waals surface area contributed by atoms with Crippen LogP contribution in [0.3, 0.4) is 0 Å². The van der Waals surface area contributed by atoms with Crippen molar-refractivity contribution in [3.05, 3.63) is 108 Å². The first-order valence-corrected chi connectivity index (χ1v) is 28.7. The van der Waals surface area contributed by atoms with E-state index in [1.807, 2.05) is 54.7 Å². The number of allylic oxidation sites excluding steroid dienone is 13. The number of ether oxygens (including phenoxy) is 3. The molecule has 1 aliphatic heterocycles. The average Bonchev–Trinajstić information content (AvgIpc) is 3.62. The molecule has 1 fully saturated rings. The van der Waals surface area contributed by atoms with E-state index >= 15 is 0 Å². The largest absolute Gasteiger partial charge is 0.481 e. The van der Waals surface area contributed by atoms with Gasteiger partial charge in [-0.3, -0.25) is 23.2 Å². The predicted molar refractivity (Wildman–Crippen MR) is 281 cm³/mol. The van der Waals surface area contributed by atoms with Crippen LogP contribution in [-0.4, -0.2) is 96.9 Å². The van der Waals surface area contributed by atoms with E-state index in [1.165, 1.54) is 44.6 Å². The lowest BCUT2D eigenvalue weighted by atomic mass is 10.1. The number of aliphatic hydroxyl groups excluding tert-OH is 3. The Kier molecular flexibility index (Phi) is 35.0. The van der Waals surface area contributed by atoms with Crippen LogP contribution in [0.1, 0.15) is 155 Å². The van der Waals surface area contributed by atoms with Crippen LogP contribution in [0.25, 0.3) is 0 Å². The molecular formula is C52H83N3O16P2. The molecule has 1 aliphatic rings. The fourth-order valence-corrected chi connectivity index (χ4v) is 9.10. The molecule has 1 saturated heterocycles. The first-order chi connectivity index (χ1) is 35.1. The Morgan fingerprint density at radius 1 is 0.712 bits per heavy atom. The van der Waals surface area contributed by atoms with E-state index in [9.17, 15) is 48.6 Å². The van der Waals surface area contributed by atoms with E-state index in [0.717, 1.165) is 62.1 Å². The number of nitrogen functional groups attached to an aromatic ring is 1. The van der Waals surface area contributed by atoms with E-state index in [2.05, 4.69) is 53.5 Å². The first kappa shape index (κ1) is 65.0. The number of carbonyl (C=O) groups excluding carboxylic acids is 2. The Morgan fingerprint density at radius 2 is 1.23 bits per heavy atom. The monoisotopic (exact) mass is 1070 g/mol. The number of hydrogen-bond acceptors (Lipinski definition) is 16. The van der Waals surface area contributed by atoms with Crippen LogP contribution in [0.4, 0.5) is 5.82 Å². The third kappa shape index (κ3) is 32.1. The molecule has 0 saturated carbocycles. The summed E-state index contributed by atoms with van der Waals surface area (Å²) in [5.41, 5.74) is 4.57. The molecule has 0 bridgehead atoms. The van der Waals surface area contributed by atoms with Gasteiger partial charge in [0.1, 0.15) is 30.7 Å². The zero-order valence-electron chi connectivity index (χ0n) is 42.8. The fourth-order valence-electron chi connectivity index (χ4n) is 6.99. The van der Waals surface area contributed by atoms with Crippen molar-refractivity contribution in [3.63, 3.8) is 0 Å². The summed E-state index contributed by atoms with van der Waals surface area (Å²) in [6, 6.07) is 1.24. The number of aliphatic hydroxyl groups is 3. The number of nitrogens with two attached hydrogens (primary N) is 1. The molecule has 2 heterocycles. The fraction of sp³-hybridized carbons (Fsp3) is 0.615. The highest BCUT2D eigenvalue weighted by Gasteiger charge is 2.46. The van der Waals surface area contributed by atoms with Crippen molar-refractivity contribution in [1.82, 2.24) is 9.55 Å². The highest BCUT2D eigenvalue weighted by Crippen LogP contribution is 2.60. The van der Waals surface area contributed by atoms with E-state index in [4.69, 9.17) is 29.0 Å². The van der Waals surface area contributed by atoms with Crippen molar-refractivity contribution < 1.29 is 71.4 Å². The maximum Gasteiger partial charge on any atom is 0.481 e. The van der Waals surface area contributed by atoms with Gasteiger partial charge in [-0.25, -0.2) is 13.9 Å². The Bertz CT molecular complexity index is 2070. The summed E-state index contributed by atoms with van der Waals surface area (Å²) in [5, 5.41) is 30.8. The van der Waals surface area contributed by atoms with Gasteiger partial charge >= 0.3 is 33.3 Å². The molecule has 1 aromatic heterocycles. The minimum atomic E-state index is -5.46. The average molecular weight is 1070 g/mol. The van der Waals surface area contributed by atoms with Gasteiger partial charge in [0.2, 0.25) is 0 Å². The summed E-state index contributed by atoms with van der Waals surface area (Å²) in [6.45, 7) is 1.88. The number of aromatic nitrogens is 2. The second-order valence-corrected chi connectivity index (χ2v) is 20.5. The number of hydrogen-bond donors (Lipinski definition) is 6. The molecule has 73 heavy (non-hydrogen) atoms. The van der Waals surface area contributed by atoms with Crippen molar-refractivity contribution in [2.75, 3.05) is 25.6 Å². The zero-order valence-corrected chi connectivity index (χ0v) is 44.6. The normalized spacial score (nSPS) is 20.1. The van der Waals surface area contributed by atoms with Crippen LogP contribution < -0.4 is 11.4 Å². The first-order valence-electron chi connectivity index (χ1n) is 25.7. The third-order valence-electron chi connectivity index (χ3n) is 11.0. The number of unbranched alkanes of at least 4 members (excludes halogenated alkanes) is 9. The quantitative estimate of drug-likeness (QED) is 0.0154. The number of carbonyl (C=O) groups is 2. The summed E-state index contributed by atoms with van der Waals surface area (Å²) < 4.78 is 56.6. The van der Waals surface area contributed by atoms with Gasteiger partial charge < -0.3 is 45.1 Å². The second kappa shape index (κ2) is 39.3. The molecule has 19 nitrogen and oxygen atoms in total. The smallest absolute Gasteiger partial charge is 0.462 e. The number of phosphoric acid groups is 2. The zero-order chi connectivity index (χ0) is 53.6. The lowest BCUT2D eigenvalue weighted by Crippen LogP contribution is -2.36. The van der Waals surface area contributed by atoms with E-state index in [-0.39, 0.29) is 18.7 Å². The minimum Gasteiger partial charge on any atom is -0.462 e. The summed E-state index contributed by atoms with van der Waals surface area (Å²) in [7, 11) is -10.9. The van der Waals surface area contributed by atoms with Crippen LogP contribution in [0, 0.1) is 0 Å². The summed E-state index contributed by atoms with van der Waals surface area (Å²) >= 11 is 0. The van der Waals surface area contributed by atoms with Gasteiger partial charge in [-0.2, -0.15) is 9.29 Å². The van der Waals surface area contributed by atoms with Crippen molar-refractivity contribution >= 4 is 33.4 Å². The number of phosphoric ester groups is 2. The van der Waals surface area contributed by atoms with Crippen LogP contribution in [0.15, 0.2) is 102 Å². The molecule has 7 N–H and O–H groups in total. The lowest BCUT2D eigenvalue weighted by molar-refractivity contribution is -0.161. The Morgan fingerprint density at radius 3 is 1.82 bits per heavy atom. The number of rotatable bonds is 41. The van der Waals surface area contributed by atoms with Gasteiger partial charge in [-0.05, 0) is 83.1 Å². The number of nitrogens with zero attached hydrogens (tertiary/aromatic N) is 2. The molecule has 0 radical (unpaired) electrons. The van der Waals surface area contributed by atoms with Crippen molar-refractivity contribution in [1.29, 1.82) is 0 Å². The Labute approximate surface area is 431 Å². The molecule has 412 valence electrons. The van der Waals surface area contributed by atoms with Crippen LogP contribution in [0.5, 0.6) is 0 Å². The summed E-state index contributed by atoms with van der Waals surface area (Å²) in [6.07, 6.45) is 38.7. The molecule has 21 heteroatoms. The van der Waals surface area contributed by atoms with E-state index in [1.54, 1.807) is 0 Å². The van der Waals surface area contributed by atoms with Crippen molar-refractivity contribution in [2.45, 2.75) is 185 Å². The van der Waals surface area contributed by atoms with Gasteiger partial charge in [0, 0.05) is 19.0 Å². The summed E-state index contributed by atoms with van der Waals surface area (Å²) in [4.78, 5) is 61.9. The van der Waals surface area contributed by atoms with Gasteiger partial charge in [0.15, 0.2) is 12.3 Å². The third-order valence-corrected chi connectivity index (χ3v) is 13.6. The molecule has 1 aromatic rings. The van der Waals surface area contributed by atoms with E-state index < -0.39 is 89.8 Å².